The van der Waals surface area contributed by atoms with E-state index in [-0.39, 0.29) is 60.3 Å². The Balaban J connectivity index is 0.000000172. The van der Waals surface area contributed by atoms with Crippen LogP contribution in [-0.2, 0) is 105 Å². The van der Waals surface area contributed by atoms with Crippen LogP contribution in [0.1, 0.15) is 58.5 Å². The van der Waals surface area contributed by atoms with Crippen molar-refractivity contribution in [3.8, 4) is 101 Å². The zero-order chi connectivity index (χ0) is 77.3. The minimum atomic E-state index is 0. The molecule has 0 saturated heterocycles. The van der Waals surface area contributed by atoms with Crippen LogP contribution >= 0.6 is 0 Å². The van der Waals surface area contributed by atoms with Gasteiger partial charge in [0.1, 0.15) is 0 Å². The molecule has 0 N–H and O–H groups in total. The van der Waals surface area contributed by atoms with Crippen LogP contribution in [-0.4, -0.2) is 24.9 Å². The van der Waals surface area contributed by atoms with Crippen molar-refractivity contribution in [2.45, 2.75) is 65.7 Å². The smallest absolute Gasteiger partial charge is 0.305 e. The predicted molar refractivity (Wildman–Crippen MR) is 464 cm³/mol. The number of aryl methyl sites for hydroxylation is 7. The summed E-state index contributed by atoms with van der Waals surface area (Å²) in [6, 6.07) is 148. The maximum absolute atomic E-state index is 4.73. The number of hydrogen-bond donors (Lipinski definition) is 0. The zero-order valence-electron chi connectivity index (χ0n) is 65.1. The number of aromatic nitrogens is 5. The van der Waals surface area contributed by atoms with Crippen LogP contribution in [0.3, 0.4) is 0 Å². The monoisotopic (exact) mass is 2030 g/mol. The van der Waals surface area contributed by atoms with E-state index in [0.717, 1.165) is 129 Å². The van der Waals surface area contributed by atoms with E-state index in [0.29, 0.717) is 5.92 Å². The first kappa shape index (κ1) is 86.7. The molecule has 0 aliphatic carbocycles. The third-order valence-electron chi connectivity index (χ3n) is 18.9. The summed E-state index contributed by atoms with van der Waals surface area (Å²) in [5.41, 5.74) is 29.5. The van der Waals surface area contributed by atoms with Gasteiger partial charge in [0.05, 0.1) is 0 Å². The Morgan fingerprint density at radius 1 is 0.259 bits per heavy atom. The molecule has 570 valence electrons. The summed E-state index contributed by atoms with van der Waals surface area (Å²) in [5.74, 6) is 0.641. The predicted octanol–water partition coefficient (Wildman–Crippen LogP) is 25.5. The van der Waals surface area contributed by atoms with Crippen LogP contribution in [0.5, 0.6) is 0 Å². The molecule has 116 heavy (non-hydrogen) atoms. The molecule has 0 aliphatic heterocycles. The van der Waals surface area contributed by atoms with Gasteiger partial charge in [-0.3, -0.25) is 0 Å². The number of rotatable bonds is 20. The van der Waals surface area contributed by atoms with Crippen LogP contribution in [0.15, 0.2) is 377 Å². The molecule has 0 fully saturated rings. The molecule has 0 aliphatic rings. The van der Waals surface area contributed by atoms with Crippen LogP contribution in [0.25, 0.3) is 101 Å². The summed E-state index contributed by atoms with van der Waals surface area (Å²) in [5, 5.41) is 0. The van der Waals surface area contributed by atoms with Crippen molar-refractivity contribution in [3.05, 3.63) is 476 Å². The molecule has 0 amide bonds. The van der Waals surface area contributed by atoms with E-state index in [1.54, 1.807) is 6.20 Å². The van der Waals surface area contributed by atoms with Crippen molar-refractivity contribution in [2.24, 2.45) is 5.92 Å². The molecule has 0 bridgehead atoms. The van der Waals surface area contributed by atoms with Gasteiger partial charge in [-0.05, 0) is 137 Å². The third kappa shape index (κ3) is 26.7. The Morgan fingerprint density at radius 3 is 1.03 bits per heavy atom. The molecule has 17 aromatic rings. The second-order valence-electron chi connectivity index (χ2n) is 27.7. The maximum atomic E-state index is 4.73. The van der Waals surface area contributed by atoms with Crippen LogP contribution in [0.4, 0.5) is 0 Å². The molecule has 5 aromatic heterocycles. The summed E-state index contributed by atoms with van der Waals surface area (Å²) < 4.78 is 0. The maximum Gasteiger partial charge on any atom is 3.00 e. The van der Waals surface area contributed by atoms with Gasteiger partial charge in [-0.25, -0.2) is 22.3 Å². The van der Waals surface area contributed by atoms with Crippen molar-refractivity contribution in [2.75, 3.05) is 0 Å². The van der Waals surface area contributed by atoms with Gasteiger partial charge in [0.25, 0.3) is 0 Å². The quantitative estimate of drug-likeness (QED) is 0.0712. The van der Waals surface area contributed by atoms with Crippen molar-refractivity contribution >= 4 is 0 Å². The number of nitrogens with zero attached hydrogens (tertiary/aromatic N) is 5. The van der Waals surface area contributed by atoms with Gasteiger partial charge in [0.2, 0.25) is 0 Å². The van der Waals surface area contributed by atoms with Crippen LogP contribution in [0.2, 0.25) is 0 Å². The second-order valence-corrected chi connectivity index (χ2v) is 27.7. The minimum Gasteiger partial charge on any atom is -0.305 e. The van der Waals surface area contributed by atoms with E-state index in [2.05, 4.69) is 243 Å². The fourth-order valence-corrected chi connectivity index (χ4v) is 13.0. The summed E-state index contributed by atoms with van der Waals surface area (Å²) in [7, 11) is 0. The van der Waals surface area contributed by atoms with Crippen molar-refractivity contribution in [1.29, 1.82) is 0 Å². The Labute approximate surface area is 727 Å². The number of benzene rings is 12. The number of hydrogen-bond acceptors (Lipinski definition) is 5. The normalized spacial score (nSPS) is 10.3. The Morgan fingerprint density at radius 2 is 0.638 bits per heavy atom. The van der Waals surface area contributed by atoms with Gasteiger partial charge in [0, 0.05) is 30.5 Å². The molecule has 12 aromatic carbocycles. The SMILES string of the molecule is CC(C)Cc1cccc(-c2[c-]cccc2)n1.Cc1ccccc1-c1c[c-]c(-c2[c-]cccc2)cc1.[Ir+3].[Ir+3].[Ir+3].[c-]1ccccc1-c1[c-]ccc(-c2ccccc2)c1.[c-]1ccccc1-c1ccc(CCc2cc(CCc3ccc(-c4[c-]cccc4)nc3)cc(CCc3ccc(-c4[c-]cccc4)nc3)c2)cn1.[c-]1ccccc1-c1ccccn1. The van der Waals surface area contributed by atoms with E-state index in [1.807, 2.05) is 213 Å². The molecule has 0 unspecified atom stereocenters. The topological polar surface area (TPSA) is 64.5 Å². The summed E-state index contributed by atoms with van der Waals surface area (Å²) >= 11 is 0. The van der Waals surface area contributed by atoms with E-state index < -0.39 is 0 Å². The molecule has 0 radical (unpaired) electrons. The van der Waals surface area contributed by atoms with E-state index in [9.17, 15) is 0 Å². The van der Waals surface area contributed by atoms with Crippen molar-refractivity contribution < 1.29 is 60.3 Å². The first-order chi connectivity index (χ1) is 55.7. The fraction of sp³-hybridized carbons (Fsp3) is 0.102. The van der Waals surface area contributed by atoms with Gasteiger partial charge in [-0.2, -0.15) is 78.9 Å². The minimum absolute atomic E-state index is 0. The van der Waals surface area contributed by atoms with Gasteiger partial charge < -0.3 is 24.9 Å². The first-order valence-electron chi connectivity index (χ1n) is 38.5. The molecule has 0 spiro atoms. The molecular formula is C108H86Ir3N5. The molecule has 5 nitrogen and oxygen atoms in total. The van der Waals surface area contributed by atoms with Crippen LogP contribution in [0, 0.1) is 67.4 Å². The van der Waals surface area contributed by atoms with Gasteiger partial charge >= 0.3 is 60.3 Å². The molecule has 17 rings (SSSR count). The fourth-order valence-electron chi connectivity index (χ4n) is 13.0. The van der Waals surface area contributed by atoms with Gasteiger partial charge in [-0.1, -0.05) is 158 Å². The zero-order valence-corrected chi connectivity index (χ0v) is 72.2. The largest absolute Gasteiger partial charge is 3.00 e. The van der Waals surface area contributed by atoms with Gasteiger partial charge in [-0.15, -0.1) is 221 Å². The molecule has 8 heteroatoms. The van der Waals surface area contributed by atoms with Crippen LogP contribution < -0.4 is 0 Å². The molecule has 5 heterocycles. The first-order valence-corrected chi connectivity index (χ1v) is 38.5. The third-order valence-corrected chi connectivity index (χ3v) is 18.9. The Kier molecular flexibility index (Phi) is 34.9. The van der Waals surface area contributed by atoms with E-state index >= 15 is 0 Å². The average Bonchev–Trinajstić information content (AvgIpc) is 0.828. The molecule has 0 atom stereocenters. The second kappa shape index (κ2) is 46.6. The number of pyridine rings is 5. The summed E-state index contributed by atoms with van der Waals surface area (Å²) in [6.45, 7) is 6.56. The van der Waals surface area contributed by atoms with Crippen molar-refractivity contribution in [1.82, 2.24) is 24.9 Å². The van der Waals surface area contributed by atoms with Crippen molar-refractivity contribution in [3.63, 3.8) is 0 Å². The molecular weight excluding hydrogens is 1940 g/mol. The molecule has 0 saturated carbocycles. The Hall–Kier alpha value is -11.7. The standard InChI is InChI=1S/C45H36N3.C19H14.C18H12.C15H16N.C11H8N.3Ir/c1-4-10-40(11-5-1)43-25-22-34(31-46-43)16-19-37-28-38(20-17-35-23-26-44(47-32-35)41-12-6-2-7-13-41)30-39(29-37)21-18-36-24-27-45(48-33-36)42-14-8-3-9-15-42;1-15-7-5-6-10-19(15)18-13-11-17(12-14-18)16-8-3-2-4-9-16;1-3-8-15(9-4-1)17-12-7-13-18(14-17)16-10-5-2-6-11-16;1-12(2)11-14-9-6-10-15(16-14)13-7-4-3-5-8-13;1-2-6-10(7-3-1)11-8-4-5-9-12-11;;;/h1-10,12,14,22-33H,16-21H2;2-8,10-11,13-14H,1H3;1-10,12,14H;3-7,9-10,12H,11H2,1-2H3;1-6,8-9H;;;/q-3;2*-2;2*-1;3*+3. The van der Waals surface area contributed by atoms with E-state index in [4.69, 9.17) is 15.0 Å². The van der Waals surface area contributed by atoms with E-state index in [1.165, 1.54) is 61.2 Å². The summed E-state index contributed by atoms with van der Waals surface area (Å²) in [4.78, 5) is 23.0. The average molecular weight is 2030 g/mol. The summed E-state index contributed by atoms with van der Waals surface area (Å²) in [6.07, 6.45) is 14.6. The Bertz CT molecular complexity index is 5280. The van der Waals surface area contributed by atoms with Gasteiger partial charge in [0.15, 0.2) is 0 Å².